The molecule has 0 aliphatic heterocycles. The van der Waals surface area contributed by atoms with Crippen molar-refractivity contribution in [3.8, 4) is 5.75 Å². The Hall–Kier alpha value is -1.84. The summed E-state index contributed by atoms with van der Waals surface area (Å²) in [7, 11) is 1.62. The SMILES string of the molecule is COc1ccc(Br)cc1C=NNc1nc(SCc2cccc(Br)c2)n[nH]1. The van der Waals surface area contributed by atoms with Crippen molar-refractivity contribution in [2.45, 2.75) is 10.9 Å². The molecule has 2 N–H and O–H groups in total. The van der Waals surface area contributed by atoms with Gasteiger partial charge in [0.15, 0.2) is 0 Å². The zero-order chi connectivity index (χ0) is 18.4. The fourth-order valence-corrected chi connectivity index (χ4v) is 3.67. The van der Waals surface area contributed by atoms with E-state index in [0.717, 1.165) is 26.0 Å². The Bertz CT molecular complexity index is 916. The summed E-state index contributed by atoms with van der Waals surface area (Å²) >= 11 is 8.45. The lowest BCUT2D eigenvalue weighted by molar-refractivity contribution is 0.414. The van der Waals surface area contributed by atoms with E-state index in [-0.39, 0.29) is 0 Å². The van der Waals surface area contributed by atoms with Crippen molar-refractivity contribution in [1.82, 2.24) is 15.2 Å². The molecule has 9 heteroatoms. The molecule has 0 aliphatic rings. The Balaban J connectivity index is 1.58. The van der Waals surface area contributed by atoms with Gasteiger partial charge < -0.3 is 4.74 Å². The summed E-state index contributed by atoms with van der Waals surface area (Å²) in [5.74, 6) is 2.00. The summed E-state index contributed by atoms with van der Waals surface area (Å²) in [5, 5.41) is 11.8. The fraction of sp³-hybridized carbons (Fsp3) is 0.118. The third-order valence-corrected chi connectivity index (χ3v) is 5.19. The van der Waals surface area contributed by atoms with Gasteiger partial charge in [-0.2, -0.15) is 10.1 Å². The number of halogens is 2. The molecule has 0 spiro atoms. The lowest BCUT2D eigenvalue weighted by Gasteiger charge is -2.04. The van der Waals surface area contributed by atoms with Gasteiger partial charge in [0, 0.05) is 20.3 Å². The van der Waals surface area contributed by atoms with Crippen LogP contribution in [0.5, 0.6) is 5.75 Å². The largest absolute Gasteiger partial charge is 0.496 e. The quantitative estimate of drug-likeness (QED) is 0.271. The summed E-state index contributed by atoms with van der Waals surface area (Å²) in [6, 6.07) is 13.9. The lowest BCUT2D eigenvalue weighted by Crippen LogP contribution is -1.95. The van der Waals surface area contributed by atoms with Gasteiger partial charge in [0.25, 0.3) is 0 Å². The Kier molecular flexibility index (Phi) is 6.70. The number of nitrogens with zero attached hydrogens (tertiary/aromatic N) is 3. The first kappa shape index (κ1) is 18.9. The van der Waals surface area contributed by atoms with E-state index in [1.54, 1.807) is 25.1 Å². The highest BCUT2D eigenvalue weighted by Gasteiger charge is 2.05. The molecule has 3 rings (SSSR count). The molecule has 0 bridgehead atoms. The van der Waals surface area contributed by atoms with E-state index in [0.29, 0.717) is 11.1 Å². The molecule has 2 aromatic carbocycles. The number of nitrogens with one attached hydrogen (secondary N) is 2. The number of hydrazone groups is 1. The number of aromatic nitrogens is 3. The van der Waals surface area contributed by atoms with Crippen molar-refractivity contribution in [3.05, 3.63) is 62.5 Å². The van der Waals surface area contributed by atoms with E-state index in [2.05, 4.69) is 69.7 Å². The lowest BCUT2D eigenvalue weighted by atomic mass is 10.2. The molecule has 0 atom stereocenters. The summed E-state index contributed by atoms with van der Waals surface area (Å²) in [6.45, 7) is 0. The van der Waals surface area contributed by atoms with Gasteiger partial charge in [-0.15, -0.1) is 5.10 Å². The molecule has 0 radical (unpaired) electrons. The molecule has 0 saturated heterocycles. The van der Waals surface area contributed by atoms with E-state index in [1.165, 1.54) is 5.56 Å². The van der Waals surface area contributed by atoms with E-state index >= 15 is 0 Å². The van der Waals surface area contributed by atoms with Crippen LogP contribution in [0.15, 0.2) is 61.7 Å². The molecule has 1 heterocycles. The van der Waals surface area contributed by atoms with Crippen LogP contribution in [0.1, 0.15) is 11.1 Å². The highest BCUT2D eigenvalue weighted by atomic mass is 79.9. The Morgan fingerprint density at radius 3 is 2.88 bits per heavy atom. The number of methoxy groups -OCH3 is 1. The summed E-state index contributed by atoms with van der Waals surface area (Å²) in [4.78, 5) is 4.36. The number of aromatic amines is 1. The molecule has 0 fully saturated rings. The second-order valence-electron chi connectivity index (χ2n) is 5.14. The first-order chi connectivity index (χ1) is 12.6. The maximum atomic E-state index is 5.31. The van der Waals surface area contributed by atoms with Crippen LogP contribution in [0.4, 0.5) is 5.95 Å². The third kappa shape index (κ3) is 5.33. The predicted molar refractivity (Wildman–Crippen MR) is 112 cm³/mol. The Labute approximate surface area is 172 Å². The fourth-order valence-electron chi connectivity index (χ4n) is 2.10. The van der Waals surface area contributed by atoms with Crippen molar-refractivity contribution in [3.63, 3.8) is 0 Å². The number of H-pyrrole nitrogens is 1. The average molecular weight is 497 g/mol. The van der Waals surface area contributed by atoms with Gasteiger partial charge >= 0.3 is 0 Å². The first-order valence-corrected chi connectivity index (χ1v) is 10.1. The number of anilines is 1. The van der Waals surface area contributed by atoms with Gasteiger partial charge in [-0.25, -0.2) is 10.5 Å². The molecule has 6 nitrogen and oxygen atoms in total. The van der Waals surface area contributed by atoms with Crippen LogP contribution in [0.25, 0.3) is 0 Å². The molecule has 1 aromatic heterocycles. The van der Waals surface area contributed by atoms with E-state index < -0.39 is 0 Å². The van der Waals surface area contributed by atoms with Gasteiger partial charge in [-0.1, -0.05) is 55.8 Å². The zero-order valence-electron chi connectivity index (χ0n) is 13.7. The van der Waals surface area contributed by atoms with E-state index in [1.807, 2.05) is 30.3 Å². The van der Waals surface area contributed by atoms with Crippen LogP contribution in [-0.4, -0.2) is 28.5 Å². The van der Waals surface area contributed by atoms with Crippen LogP contribution in [0.2, 0.25) is 0 Å². The molecule has 0 unspecified atom stereocenters. The van der Waals surface area contributed by atoms with E-state index in [4.69, 9.17) is 4.74 Å². The summed E-state index contributed by atoms with van der Waals surface area (Å²) in [6.07, 6.45) is 1.67. The van der Waals surface area contributed by atoms with Gasteiger partial charge in [0.1, 0.15) is 5.75 Å². The first-order valence-electron chi connectivity index (χ1n) is 7.56. The summed E-state index contributed by atoms with van der Waals surface area (Å²) in [5.41, 5.74) is 4.88. The second-order valence-corrected chi connectivity index (χ2v) is 7.92. The van der Waals surface area contributed by atoms with Crippen molar-refractivity contribution < 1.29 is 4.74 Å². The molecule has 134 valence electrons. The van der Waals surface area contributed by atoms with Crippen molar-refractivity contribution in [1.29, 1.82) is 0 Å². The van der Waals surface area contributed by atoms with Gasteiger partial charge in [0.2, 0.25) is 11.1 Å². The molecule has 0 aliphatic carbocycles. The normalized spacial score (nSPS) is 11.0. The minimum Gasteiger partial charge on any atom is -0.496 e. The average Bonchev–Trinajstić information content (AvgIpc) is 3.08. The number of benzene rings is 2. The molecule has 0 saturated carbocycles. The van der Waals surface area contributed by atoms with Crippen LogP contribution < -0.4 is 10.2 Å². The minimum atomic E-state index is 0.479. The monoisotopic (exact) mass is 495 g/mol. The molecule has 26 heavy (non-hydrogen) atoms. The number of hydrogen-bond donors (Lipinski definition) is 2. The molecule has 0 amide bonds. The number of rotatable bonds is 7. The van der Waals surface area contributed by atoms with Gasteiger partial charge in [0.05, 0.1) is 13.3 Å². The highest BCUT2D eigenvalue weighted by Crippen LogP contribution is 2.23. The van der Waals surface area contributed by atoms with Crippen molar-refractivity contribution >= 4 is 55.8 Å². The van der Waals surface area contributed by atoms with Gasteiger partial charge in [-0.05, 0) is 35.9 Å². The Morgan fingerprint density at radius 2 is 2.08 bits per heavy atom. The van der Waals surface area contributed by atoms with Crippen LogP contribution >= 0.6 is 43.6 Å². The third-order valence-electron chi connectivity index (χ3n) is 3.29. The predicted octanol–water partition coefficient (Wildman–Crippen LogP) is 5.08. The smallest absolute Gasteiger partial charge is 0.240 e. The molecular formula is C17H15Br2N5OS. The number of thioether (sulfide) groups is 1. The number of ether oxygens (including phenoxy) is 1. The standard InChI is InChI=1S/C17H15Br2N5OS/c1-25-15-6-5-14(19)8-12(15)9-20-22-16-21-17(24-23-16)26-10-11-3-2-4-13(18)7-11/h2-9H,10H2,1H3,(H2,21,22,23,24). The highest BCUT2D eigenvalue weighted by molar-refractivity contribution is 9.10. The molecular weight excluding hydrogens is 482 g/mol. The maximum Gasteiger partial charge on any atom is 0.240 e. The zero-order valence-corrected chi connectivity index (χ0v) is 17.7. The number of hydrogen-bond acceptors (Lipinski definition) is 6. The van der Waals surface area contributed by atoms with Gasteiger partial charge in [-0.3, -0.25) is 0 Å². The molecule has 3 aromatic rings. The Morgan fingerprint density at radius 1 is 1.23 bits per heavy atom. The van der Waals surface area contributed by atoms with Crippen molar-refractivity contribution in [2.24, 2.45) is 5.10 Å². The maximum absolute atomic E-state index is 5.31. The van der Waals surface area contributed by atoms with Crippen LogP contribution in [-0.2, 0) is 5.75 Å². The topological polar surface area (TPSA) is 75.2 Å². The van der Waals surface area contributed by atoms with Crippen LogP contribution in [0, 0.1) is 0 Å². The van der Waals surface area contributed by atoms with Crippen LogP contribution in [0.3, 0.4) is 0 Å². The second kappa shape index (κ2) is 9.20. The minimum absolute atomic E-state index is 0.479. The summed E-state index contributed by atoms with van der Waals surface area (Å²) < 4.78 is 7.32. The van der Waals surface area contributed by atoms with E-state index in [9.17, 15) is 0 Å². The van der Waals surface area contributed by atoms with Crippen molar-refractivity contribution in [2.75, 3.05) is 12.5 Å².